The molecule has 2 aliphatic rings. The summed E-state index contributed by atoms with van der Waals surface area (Å²) in [4.78, 5) is 43.4. The summed E-state index contributed by atoms with van der Waals surface area (Å²) in [5, 5.41) is 42.7. The maximum atomic E-state index is 12.5. The van der Waals surface area contributed by atoms with Crippen LogP contribution in [0.25, 0.3) is 11.2 Å². The molecule has 0 spiro atoms. The van der Waals surface area contributed by atoms with E-state index in [4.69, 9.17) is 24.3 Å². The molecule has 9 N–H and O–H groups in total. The molecule has 39 heavy (non-hydrogen) atoms. The number of aliphatic hydroxyl groups is 4. The van der Waals surface area contributed by atoms with E-state index in [9.17, 15) is 44.1 Å². The normalized spacial score (nSPS) is 34.1. The molecule has 10 atom stereocenters. The molecular weight excluding hydrogens is 570 g/mol. The van der Waals surface area contributed by atoms with Crippen molar-refractivity contribution in [3.05, 3.63) is 12.7 Å². The van der Waals surface area contributed by atoms with Crippen molar-refractivity contribution in [1.29, 1.82) is 0 Å². The van der Waals surface area contributed by atoms with Gasteiger partial charge < -0.3 is 59.8 Å². The van der Waals surface area contributed by atoms with Crippen LogP contribution in [0.2, 0.25) is 0 Å². The van der Waals surface area contributed by atoms with Crippen LogP contribution in [0.5, 0.6) is 0 Å². The molecule has 4 rings (SSSR count). The second-order valence-corrected chi connectivity index (χ2v) is 13.1. The first-order valence-electron chi connectivity index (χ1n) is 11.3. The highest BCUT2D eigenvalue weighted by atomic mass is 31.2. The quantitative estimate of drug-likeness (QED) is 0.126. The van der Waals surface area contributed by atoms with Gasteiger partial charge in [-0.2, -0.15) is 0 Å². The zero-order valence-corrected chi connectivity index (χ0v) is 22.0. The van der Waals surface area contributed by atoms with E-state index in [-0.39, 0.29) is 17.0 Å². The van der Waals surface area contributed by atoms with Gasteiger partial charge in [-0.05, 0) is 0 Å². The van der Waals surface area contributed by atoms with Gasteiger partial charge in [0, 0.05) is 6.92 Å². The molecule has 2 fully saturated rings. The van der Waals surface area contributed by atoms with Crippen LogP contribution in [0.4, 0.5) is 5.82 Å². The minimum absolute atomic E-state index is 0.0704. The van der Waals surface area contributed by atoms with E-state index in [1.165, 1.54) is 10.9 Å². The Morgan fingerprint density at radius 3 is 2.31 bits per heavy atom. The minimum atomic E-state index is -4.84. The van der Waals surface area contributed by atoms with Gasteiger partial charge in [0.1, 0.15) is 42.4 Å². The number of amides is 1. The van der Waals surface area contributed by atoms with Crippen molar-refractivity contribution in [3.8, 4) is 0 Å². The zero-order chi connectivity index (χ0) is 28.7. The Morgan fingerprint density at radius 2 is 1.67 bits per heavy atom. The summed E-state index contributed by atoms with van der Waals surface area (Å²) < 4.78 is 46.6. The number of nitrogens with zero attached hydrogens (tertiary/aromatic N) is 4. The highest BCUT2D eigenvalue weighted by molar-refractivity contribution is 7.70. The van der Waals surface area contributed by atoms with Crippen LogP contribution in [0.15, 0.2) is 12.7 Å². The molecule has 0 radical (unpaired) electrons. The van der Waals surface area contributed by atoms with Crippen LogP contribution in [-0.4, -0.2) is 118 Å². The average molecular weight is 598 g/mol. The summed E-state index contributed by atoms with van der Waals surface area (Å²) in [6, 6.07) is -1.18. The van der Waals surface area contributed by atoms with Crippen LogP contribution >= 0.6 is 15.2 Å². The van der Waals surface area contributed by atoms with Crippen molar-refractivity contribution < 1.29 is 62.7 Å². The number of carbonyl (C=O) groups excluding carboxylic acids is 1. The van der Waals surface area contributed by atoms with Crippen molar-refractivity contribution in [3.63, 3.8) is 0 Å². The Morgan fingerprint density at radius 1 is 1.03 bits per heavy atom. The first-order chi connectivity index (χ1) is 18.2. The number of carbonyl (C=O) groups is 1. The van der Waals surface area contributed by atoms with Gasteiger partial charge in [0.15, 0.2) is 29.9 Å². The van der Waals surface area contributed by atoms with Crippen LogP contribution in [-0.2, 0) is 32.4 Å². The number of nitrogens with one attached hydrogen (secondary N) is 1. The number of nitrogens with two attached hydrogens (primary N) is 1. The summed E-state index contributed by atoms with van der Waals surface area (Å²) in [5.41, 5.74) is 6.15. The highest BCUT2D eigenvalue weighted by Gasteiger charge is 2.47. The molecule has 21 heteroatoms. The number of hydrogen-bond acceptors (Lipinski definition) is 15. The zero-order valence-electron chi connectivity index (χ0n) is 20.2. The largest absolute Gasteiger partial charge is 0.387 e. The van der Waals surface area contributed by atoms with E-state index in [0.29, 0.717) is 0 Å². The first-order valence-corrected chi connectivity index (χ1v) is 14.9. The fourth-order valence-corrected chi connectivity index (χ4v) is 7.36. The van der Waals surface area contributed by atoms with Crippen LogP contribution in [0.3, 0.4) is 0 Å². The van der Waals surface area contributed by atoms with E-state index in [0.717, 1.165) is 13.3 Å². The van der Waals surface area contributed by atoms with E-state index in [2.05, 4.69) is 20.3 Å². The number of fused-ring (bicyclic) bond motifs is 1. The smallest absolute Gasteiger partial charge is 0.340 e. The predicted molar refractivity (Wildman–Crippen MR) is 127 cm³/mol. The van der Waals surface area contributed by atoms with Crippen LogP contribution < -0.4 is 11.1 Å². The average Bonchev–Trinajstić information content (AvgIpc) is 3.47. The monoisotopic (exact) mass is 598 g/mol. The van der Waals surface area contributed by atoms with Gasteiger partial charge in [-0.15, -0.1) is 0 Å². The summed E-state index contributed by atoms with van der Waals surface area (Å²) in [7, 11) is -9.66. The molecular formula is C18H28N6O13P2. The number of nitrogen functional groups attached to an aromatic ring is 1. The van der Waals surface area contributed by atoms with Crippen molar-refractivity contribution in [2.75, 3.05) is 24.9 Å². The number of anilines is 1. The van der Waals surface area contributed by atoms with E-state index < -0.39 is 89.3 Å². The maximum Gasteiger partial charge on any atom is 0.340 e. The number of aromatic nitrogens is 4. The lowest BCUT2D eigenvalue weighted by Crippen LogP contribution is -2.48. The number of ether oxygens (including phenoxy) is 2. The van der Waals surface area contributed by atoms with Gasteiger partial charge in [0.2, 0.25) is 5.91 Å². The molecule has 0 saturated carbocycles. The van der Waals surface area contributed by atoms with Gasteiger partial charge in [0.25, 0.3) is 0 Å². The van der Waals surface area contributed by atoms with Gasteiger partial charge in [-0.1, -0.05) is 0 Å². The molecule has 2 saturated heterocycles. The van der Waals surface area contributed by atoms with E-state index in [1.807, 2.05) is 0 Å². The highest BCUT2D eigenvalue weighted by Crippen LogP contribution is 2.58. The summed E-state index contributed by atoms with van der Waals surface area (Å²) >= 11 is 0. The van der Waals surface area contributed by atoms with Crippen LogP contribution in [0.1, 0.15) is 13.2 Å². The number of hydrogen-bond donors (Lipinski definition) is 8. The molecule has 0 bridgehead atoms. The predicted octanol–water partition coefficient (Wildman–Crippen LogP) is -3.03. The molecule has 2 aromatic rings. The molecule has 6 unspecified atom stereocenters. The van der Waals surface area contributed by atoms with Gasteiger partial charge in [-0.25, -0.2) is 15.0 Å². The second-order valence-electron chi connectivity index (χ2n) is 8.92. The molecule has 1 amide bonds. The molecule has 2 aliphatic heterocycles. The maximum absolute atomic E-state index is 12.5. The topological polar surface area (TPSA) is 291 Å². The Hall–Kier alpha value is -2.12. The molecule has 4 heterocycles. The number of aliphatic hydroxyl groups excluding tert-OH is 4. The standard InChI is InChI=1S/C18H28N6O13P2/c1-7(25)23-10-8(37-18(29)13(10)27)2-34-38(30,31)6-39(32,33)35-3-9-12(26)14(28)17(36-9)24-5-22-11-15(19)20-4-21-16(11)24/h4-5,8-10,12-14,17-18,26-29H,2-3,6H2,1H3,(H,23,25)(H,30,31)(H,32,33)(H2,19,20,21)/t8-,9-,10?,12?,13+,14?,17-,18?/m1/s1. The molecule has 0 aromatic carbocycles. The number of rotatable bonds is 10. The second kappa shape index (κ2) is 11.4. The third-order valence-electron chi connectivity index (χ3n) is 5.98. The molecule has 218 valence electrons. The van der Waals surface area contributed by atoms with E-state index in [1.54, 1.807) is 0 Å². The Bertz CT molecular complexity index is 1300. The molecule has 19 nitrogen and oxygen atoms in total. The van der Waals surface area contributed by atoms with Crippen molar-refractivity contribution in [1.82, 2.24) is 24.8 Å². The lowest BCUT2D eigenvalue weighted by molar-refractivity contribution is -0.131. The Balaban J connectivity index is 1.34. The third-order valence-corrected chi connectivity index (χ3v) is 9.95. The van der Waals surface area contributed by atoms with Gasteiger partial charge in [-0.3, -0.25) is 18.5 Å². The summed E-state index contributed by atoms with van der Waals surface area (Å²) in [5.74, 6) is -1.88. The van der Waals surface area contributed by atoms with Gasteiger partial charge in [0.05, 0.1) is 25.6 Å². The minimum Gasteiger partial charge on any atom is -0.387 e. The van der Waals surface area contributed by atoms with Gasteiger partial charge >= 0.3 is 15.2 Å². The van der Waals surface area contributed by atoms with Crippen molar-refractivity contribution >= 4 is 38.1 Å². The molecule has 2 aromatic heterocycles. The molecule has 0 aliphatic carbocycles. The third kappa shape index (κ3) is 6.62. The fraction of sp³-hybridized carbons (Fsp3) is 0.667. The fourth-order valence-electron chi connectivity index (χ4n) is 4.14. The lowest BCUT2D eigenvalue weighted by atomic mass is 10.1. The Labute approximate surface area is 219 Å². The number of imidazole rings is 1. The SMILES string of the molecule is CC(=O)NC1[C@H](O)C(O)O[C@@H]1COP(=O)(O)CP(=O)(O)OC[C@H]1O[C@@H](n2cnc3c(N)ncnc32)C(O)C1O. The van der Waals surface area contributed by atoms with Crippen LogP contribution in [0, 0.1) is 0 Å². The lowest BCUT2D eigenvalue weighted by Gasteiger charge is -2.23. The summed E-state index contributed by atoms with van der Waals surface area (Å²) in [6.07, 6.45) is -7.79. The van der Waals surface area contributed by atoms with Crippen molar-refractivity contribution in [2.24, 2.45) is 0 Å². The summed E-state index contributed by atoms with van der Waals surface area (Å²) in [6.45, 7) is -0.362. The van der Waals surface area contributed by atoms with Crippen molar-refractivity contribution in [2.45, 2.75) is 56.0 Å². The van der Waals surface area contributed by atoms with E-state index >= 15 is 0 Å². The Kier molecular flexibility index (Phi) is 8.73. The first kappa shape index (κ1) is 29.9.